The zero-order chi connectivity index (χ0) is 11.1. The van der Waals surface area contributed by atoms with Gasteiger partial charge in [0.15, 0.2) is 0 Å². The van der Waals surface area contributed by atoms with Crippen LogP contribution in [0.4, 0.5) is 0 Å². The van der Waals surface area contributed by atoms with E-state index in [1.54, 1.807) is 0 Å². The minimum atomic E-state index is -1.17. The largest absolute Gasteiger partial charge is 0.451 e. The fourth-order valence-electron chi connectivity index (χ4n) is 1.52. The highest BCUT2D eigenvalue weighted by atomic mass is 35.5. The summed E-state index contributed by atoms with van der Waals surface area (Å²) in [5, 5.41) is 17.4. The highest BCUT2D eigenvalue weighted by Gasteiger charge is 2.06. The molecule has 90 valence electrons. The molecule has 5 heteroatoms. The monoisotopic (exact) mass is 243 g/mol. The highest BCUT2D eigenvalue weighted by molar-refractivity contribution is 6.40. The Morgan fingerprint density at radius 3 is 2.38 bits per heavy atom. The van der Waals surface area contributed by atoms with Gasteiger partial charge in [-0.15, -0.1) is 12.4 Å². The molecule has 0 saturated carbocycles. The van der Waals surface area contributed by atoms with Crippen molar-refractivity contribution in [3.8, 4) is 0 Å². The van der Waals surface area contributed by atoms with E-state index < -0.39 is 7.12 Å². The van der Waals surface area contributed by atoms with E-state index in [9.17, 15) is 0 Å². The van der Waals surface area contributed by atoms with Crippen LogP contribution in [-0.4, -0.2) is 35.7 Å². The SMILES string of the molecule is CN(CCCB(O)O)Cc1ccccc1.Cl. The molecule has 2 N–H and O–H groups in total. The first kappa shape index (κ1) is 15.5. The summed E-state index contributed by atoms with van der Waals surface area (Å²) in [6.45, 7) is 1.79. The van der Waals surface area contributed by atoms with Gasteiger partial charge in [0.2, 0.25) is 0 Å². The van der Waals surface area contributed by atoms with E-state index in [0.717, 1.165) is 19.5 Å². The van der Waals surface area contributed by atoms with Gasteiger partial charge in [0.25, 0.3) is 0 Å². The molecular formula is C11H19BClNO2. The smallest absolute Gasteiger partial charge is 0.427 e. The van der Waals surface area contributed by atoms with Crippen LogP contribution in [0.5, 0.6) is 0 Å². The van der Waals surface area contributed by atoms with Crippen molar-refractivity contribution in [2.75, 3.05) is 13.6 Å². The molecule has 3 nitrogen and oxygen atoms in total. The molecule has 0 amide bonds. The standard InChI is InChI=1S/C11H18BNO2.ClH/c1-13(9-5-8-12(14)15)10-11-6-3-2-4-7-11;/h2-4,6-7,14-15H,5,8-10H2,1H3;1H. The van der Waals surface area contributed by atoms with Crippen molar-refractivity contribution in [1.82, 2.24) is 4.90 Å². The van der Waals surface area contributed by atoms with Crippen LogP contribution >= 0.6 is 12.4 Å². The Bertz CT molecular complexity index is 272. The molecule has 0 fully saturated rings. The summed E-state index contributed by atoms with van der Waals surface area (Å²) in [6.07, 6.45) is 1.25. The summed E-state index contributed by atoms with van der Waals surface area (Å²) in [5.41, 5.74) is 1.28. The molecule has 0 saturated heterocycles. The summed E-state index contributed by atoms with van der Waals surface area (Å²) < 4.78 is 0. The predicted octanol–water partition coefficient (Wildman–Crippen LogP) is 1.40. The summed E-state index contributed by atoms with van der Waals surface area (Å²) in [6, 6.07) is 10.3. The minimum absolute atomic E-state index is 0. The van der Waals surface area contributed by atoms with Gasteiger partial charge in [-0.3, -0.25) is 0 Å². The molecular weight excluding hydrogens is 224 g/mol. The summed E-state index contributed by atoms with van der Waals surface area (Å²) in [5.74, 6) is 0. The van der Waals surface area contributed by atoms with Crippen LogP contribution in [-0.2, 0) is 6.54 Å². The fourth-order valence-corrected chi connectivity index (χ4v) is 1.52. The van der Waals surface area contributed by atoms with Gasteiger partial charge in [0.1, 0.15) is 0 Å². The average molecular weight is 244 g/mol. The second kappa shape index (κ2) is 8.59. The molecule has 1 aromatic carbocycles. The number of nitrogens with zero attached hydrogens (tertiary/aromatic N) is 1. The van der Waals surface area contributed by atoms with E-state index in [2.05, 4.69) is 17.0 Å². The van der Waals surface area contributed by atoms with Gasteiger partial charge in [0, 0.05) is 6.54 Å². The molecule has 0 spiro atoms. The van der Waals surface area contributed by atoms with E-state index >= 15 is 0 Å². The Hall–Kier alpha value is -0.545. The van der Waals surface area contributed by atoms with Crippen LogP contribution in [0.25, 0.3) is 0 Å². The molecule has 0 aliphatic carbocycles. The van der Waals surface area contributed by atoms with Gasteiger partial charge < -0.3 is 14.9 Å². The Labute approximate surface area is 104 Å². The highest BCUT2D eigenvalue weighted by Crippen LogP contribution is 2.04. The molecule has 0 atom stereocenters. The Morgan fingerprint density at radius 1 is 1.19 bits per heavy atom. The average Bonchev–Trinajstić information content (AvgIpc) is 2.18. The molecule has 16 heavy (non-hydrogen) atoms. The van der Waals surface area contributed by atoms with E-state index in [-0.39, 0.29) is 12.4 Å². The Morgan fingerprint density at radius 2 is 1.81 bits per heavy atom. The molecule has 0 unspecified atom stereocenters. The van der Waals surface area contributed by atoms with Gasteiger partial charge in [-0.1, -0.05) is 30.3 Å². The molecule has 0 aliphatic rings. The summed E-state index contributed by atoms with van der Waals surface area (Å²) in [4.78, 5) is 2.18. The Kier molecular flexibility index (Phi) is 8.30. The van der Waals surface area contributed by atoms with Crippen LogP contribution in [0.2, 0.25) is 6.32 Å². The van der Waals surface area contributed by atoms with Crippen LogP contribution in [0.3, 0.4) is 0 Å². The van der Waals surface area contributed by atoms with Crippen molar-refractivity contribution in [3.05, 3.63) is 35.9 Å². The lowest BCUT2D eigenvalue weighted by Gasteiger charge is -2.16. The third kappa shape index (κ3) is 6.85. The van der Waals surface area contributed by atoms with Crippen molar-refractivity contribution in [2.45, 2.75) is 19.3 Å². The number of rotatable bonds is 6. The minimum Gasteiger partial charge on any atom is -0.427 e. The van der Waals surface area contributed by atoms with Gasteiger partial charge >= 0.3 is 7.12 Å². The van der Waals surface area contributed by atoms with Gasteiger partial charge in [0.05, 0.1) is 0 Å². The quantitative estimate of drug-likeness (QED) is 0.743. The molecule has 1 aromatic rings. The summed E-state index contributed by atoms with van der Waals surface area (Å²) >= 11 is 0. The zero-order valence-corrected chi connectivity index (χ0v) is 10.4. The predicted molar refractivity (Wildman–Crippen MR) is 69.6 cm³/mol. The van der Waals surface area contributed by atoms with E-state index in [1.165, 1.54) is 5.56 Å². The fraction of sp³-hybridized carbons (Fsp3) is 0.455. The van der Waals surface area contributed by atoms with E-state index in [4.69, 9.17) is 10.0 Å². The number of halogens is 1. The topological polar surface area (TPSA) is 43.7 Å². The first-order valence-corrected chi connectivity index (χ1v) is 5.27. The first-order chi connectivity index (χ1) is 7.18. The molecule has 0 bridgehead atoms. The third-order valence-electron chi connectivity index (χ3n) is 2.30. The maximum absolute atomic E-state index is 8.69. The number of hydrogen-bond donors (Lipinski definition) is 2. The Balaban J connectivity index is 0.00000225. The van der Waals surface area contributed by atoms with Crippen molar-refractivity contribution in [2.24, 2.45) is 0 Å². The lowest BCUT2D eigenvalue weighted by Crippen LogP contribution is -2.21. The summed E-state index contributed by atoms with van der Waals surface area (Å²) in [7, 11) is 0.867. The molecule has 1 rings (SSSR count). The third-order valence-corrected chi connectivity index (χ3v) is 2.30. The first-order valence-electron chi connectivity index (χ1n) is 5.27. The molecule has 0 aliphatic heterocycles. The van der Waals surface area contributed by atoms with Crippen molar-refractivity contribution < 1.29 is 10.0 Å². The van der Waals surface area contributed by atoms with Crippen LogP contribution < -0.4 is 0 Å². The second-order valence-electron chi connectivity index (χ2n) is 3.85. The van der Waals surface area contributed by atoms with Gasteiger partial charge in [-0.2, -0.15) is 0 Å². The van der Waals surface area contributed by atoms with Crippen molar-refractivity contribution in [3.63, 3.8) is 0 Å². The lowest BCUT2D eigenvalue weighted by molar-refractivity contribution is 0.320. The lowest BCUT2D eigenvalue weighted by atomic mass is 9.84. The van der Waals surface area contributed by atoms with E-state index in [0.29, 0.717) is 6.32 Å². The number of hydrogen-bond acceptors (Lipinski definition) is 3. The molecule has 0 aromatic heterocycles. The maximum atomic E-state index is 8.69. The van der Waals surface area contributed by atoms with Gasteiger partial charge in [-0.25, -0.2) is 0 Å². The van der Waals surface area contributed by atoms with Crippen molar-refractivity contribution in [1.29, 1.82) is 0 Å². The second-order valence-corrected chi connectivity index (χ2v) is 3.85. The van der Waals surface area contributed by atoms with Crippen molar-refractivity contribution >= 4 is 19.5 Å². The van der Waals surface area contributed by atoms with Crippen LogP contribution in [0.1, 0.15) is 12.0 Å². The van der Waals surface area contributed by atoms with E-state index in [1.807, 2.05) is 25.2 Å². The normalized spacial score (nSPS) is 10.0. The molecule has 0 radical (unpaired) electrons. The number of benzene rings is 1. The van der Waals surface area contributed by atoms with Crippen LogP contribution in [0.15, 0.2) is 30.3 Å². The van der Waals surface area contributed by atoms with Crippen LogP contribution in [0, 0.1) is 0 Å². The zero-order valence-electron chi connectivity index (χ0n) is 9.54. The molecule has 0 heterocycles. The van der Waals surface area contributed by atoms with Gasteiger partial charge in [-0.05, 0) is 31.9 Å². The maximum Gasteiger partial charge on any atom is 0.451 e.